The van der Waals surface area contributed by atoms with Crippen molar-refractivity contribution < 1.29 is 14.7 Å². The minimum absolute atomic E-state index is 0.0172. The molecule has 20 heavy (non-hydrogen) atoms. The van der Waals surface area contributed by atoms with Gasteiger partial charge in [0.1, 0.15) is 0 Å². The number of hydrogen-bond donors (Lipinski definition) is 1. The van der Waals surface area contributed by atoms with Crippen molar-refractivity contribution in [3.63, 3.8) is 0 Å². The quantitative estimate of drug-likeness (QED) is 0.817. The van der Waals surface area contributed by atoms with Crippen molar-refractivity contribution in [2.75, 3.05) is 26.2 Å². The summed E-state index contributed by atoms with van der Waals surface area (Å²) in [6, 6.07) is 0. The van der Waals surface area contributed by atoms with Gasteiger partial charge in [-0.05, 0) is 26.2 Å². The number of amides is 2. The molecule has 0 spiro atoms. The Morgan fingerprint density at radius 1 is 1.25 bits per heavy atom. The summed E-state index contributed by atoms with van der Waals surface area (Å²) < 4.78 is 0. The fraction of sp³-hybridized carbons (Fsp3) is 0.867. The maximum absolute atomic E-state index is 12.5. The first-order chi connectivity index (χ1) is 9.30. The van der Waals surface area contributed by atoms with Crippen LogP contribution in [-0.2, 0) is 9.59 Å². The Labute approximate surface area is 120 Å². The van der Waals surface area contributed by atoms with Crippen LogP contribution < -0.4 is 0 Å². The Balaban J connectivity index is 1.95. The summed E-state index contributed by atoms with van der Waals surface area (Å²) in [7, 11) is 0. The Morgan fingerprint density at radius 2 is 1.95 bits per heavy atom. The smallest absolute Gasteiger partial charge is 0.227 e. The molecule has 2 aliphatic heterocycles. The molecule has 0 aromatic heterocycles. The van der Waals surface area contributed by atoms with Crippen molar-refractivity contribution in [1.29, 1.82) is 0 Å². The summed E-state index contributed by atoms with van der Waals surface area (Å²) in [6.07, 6.45) is 2.37. The fourth-order valence-electron chi connectivity index (χ4n) is 3.14. The van der Waals surface area contributed by atoms with E-state index in [1.165, 1.54) is 0 Å². The third-order valence-electron chi connectivity index (χ3n) is 4.34. The fourth-order valence-corrected chi connectivity index (χ4v) is 3.14. The molecule has 2 unspecified atom stereocenters. The van der Waals surface area contributed by atoms with Gasteiger partial charge in [0, 0.05) is 32.1 Å². The van der Waals surface area contributed by atoms with Crippen molar-refractivity contribution in [2.24, 2.45) is 11.8 Å². The molecule has 2 fully saturated rings. The van der Waals surface area contributed by atoms with Crippen LogP contribution in [0.3, 0.4) is 0 Å². The molecule has 2 aliphatic rings. The van der Waals surface area contributed by atoms with E-state index in [-0.39, 0.29) is 23.7 Å². The highest BCUT2D eigenvalue weighted by molar-refractivity contribution is 5.82. The maximum atomic E-state index is 12.5. The van der Waals surface area contributed by atoms with Gasteiger partial charge in [-0.2, -0.15) is 0 Å². The van der Waals surface area contributed by atoms with Crippen molar-refractivity contribution >= 4 is 11.8 Å². The molecule has 0 bridgehead atoms. The zero-order valence-electron chi connectivity index (χ0n) is 12.8. The second kappa shape index (κ2) is 5.72. The summed E-state index contributed by atoms with van der Waals surface area (Å²) in [4.78, 5) is 28.1. The number of rotatable bonds is 2. The van der Waals surface area contributed by atoms with Gasteiger partial charge in [0.05, 0.1) is 11.5 Å². The number of carbonyl (C=O) groups is 2. The molecule has 1 N–H and O–H groups in total. The molecular formula is C15H26N2O3. The number of β-amino-alcohol motifs (C(OH)–C–C–N with tert-alkyl or cyclic N) is 1. The predicted molar refractivity (Wildman–Crippen MR) is 76.0 cm³/mol. The molecule has 0 radical (unpaired) electrons. The number of likely N-dealkylation sites (tertiary alicyclic amines) is 2. The highest BCUT2D eigenvalue weighted by Crippen LogP contribution is 2.25. The number of hydrogen-bond acceptors (Lipinski definition) is 3. The third-order valence-corrected chi connectivity index (χ3v) is 4.34. The summed E-state index contributed by atoms with van der Waals surface area (Å²) in [5.74, 6) is 0.122. The van der Waals surface area contributed by atoms with E-state index in [0.717, 1.165) is 19.4 Å². The van der Waals surface area contributed by atoms with Gasteiger partial charge in [-0.3, -0.25) is 9.59 Å². The van der Waals surface area contributed by atoms with Crippen molar-refractivity contribution in [1.82, 2.24) is 9.80 Å². The Bertz CT molecular complexity index is 393. The molecular weight excluding hydrogens is 256 g/mol. The standard InChI is InChI=1S/C15H26N2O3/c1-11(2)13(18)16-7-4-5-12(9-16)14(19)17-8-6-15(3,20)10-17/h11-12,20H,4-10H2,1-3H3. The Morgan fingerprint density at radius 3 is 2.50 bits per heavy atom. The molecule has 2 saturated heterocycles. The zero-order valence-corrected chi connectivity index (χ0v) is 12.8. The van der Waals surface area contributed by atoms with Crippen LogP contribution in [0.25, 0.3) is 0 Å². The minimum atomic E-state index is -0.752. The predicted octanol–water partition coefficient (Wildman–Crippen LogP) is 0.864. The first-order valence-electron chi connectivity index (χ1n) is 7.60. The van der Waals surface area contributed by atoms with Gasteiger partial charge in [0.25, 0.3) is 0 Å². The van der Waals surface area contributed by atoms with Gasteiger partial charge >= 0.3 is 0 Å². The van der Waals surface area contributed by atoms with E-state index in [9.17, 15) is 14.7 Å². The van der Waals surface area contributed by atoms with Crippen LogP contribution in [0.5, 0.6) is 0 Å². The largest absolute Gasteiger partial charge is 0.388 e. The van der Waals surface area contributed by atoms with Crippen LogP contribution in [0, 0.1) is 11.8 Å². The van der Waals surface area contributed by atoms with Gasteiger partial charge < -0.3 is 14.9 Å². The van der Waals surface area contributed by atoms with E-state index in [1.54, 1.807) is 11.8 Å². The van der Waals surface area contributed by atoms with Gasteiger partial charge in [-0.1, -0.05) is 13.8 Å². The molecule has 0 aliphatic carbocycles. The van der Waals surface area contributed by atoms with Crippen LogP contribution in [0.1, 0.15) is 40.0 Å². The summed E-state index contributed by atoms with van der Waals surface area (Å²) in [5.41, 5.74) is -0.752. The van der Waals surface area contributed by atoms with E-state index in [4.69, 9.17) is 0 Å². The van der Waals surface area contributed by atoms with E-state index < -0.39 is 5.60 Å². The highest BCUT2D eigenvalue weighted by atomic mass is 16.3. The zero-order chi connectivity index (χ0) is 14.9. The molecule has 2 atom stereocenters. The monoisotopic (exact) mass is 282 g/mol. The Kier molecular flexibility index (Phi) is 4.37. The van der Waals surface area contributed by atoms with E-state index in [1.807, 2.05) is 18.7 Å². The lowest BCUT2D eigenvalue weighted by Crippen LogP contribution is -2.47. The molecule has 0 aromatic carbocycles. The number of nitrogens with zero attached hydrogens (tertiary/aromatic N) is 2. The van der Waals surface area contributed by atoms with Crippen LogP contribution in [0.2, 0.25) is 0 Å². The van der Waals surface area contributed by atoms with Crippen molar-refractivity contribution in [3.8, 4) is 0 Å². The topological polar surface area (TPSA) is 60.9 Å². The SMILES string of the molecule is CC(C)C(=O)N1CCCC(C(=O)N2CCC(C)(O)C2)C1. The number of piperidine rings is 1. The molecule has 2 heterocycles. The molecule has 2 amide bonds. The van der Waals surface area contributed by atoms with Gasteiger partial charge in [0.2, 0.25) is 11.8 Å². The molecule has 114 valence electrons. The lowest BCUT2D eigenvalue weighted by Gasteiger charge is -2.35. The van der Waals surface area contributed by atoms with Gasteiger partial charge in [-0.25, -0.2) is 0 Å². The van der Waals surface area contributed by atoms with Crippen LogP contribution >= 0.6 is 0 Å². The first-order valence-corrected chi connectivity index (χ1v) is 7.60. The normalized spacial score (nSPS) is 30.9. The maximum Gasteiger partial charge on any atom is 0.227 e. The third kappa shape index (κ3) is 3.32. The van der Waals surface area contributed by atoms with E-state index >= 15 is 0 Å². The van der Waals surface area contributed by atoms with Gasteiger partial charge in [0.15, 0.2) is 0 Å². The van der Waals surface area contributed by atoms with Gasteiger partial charge in [-0.15, -0.1) is 0 Å². The molecule has 5 nitrogen and oxygen atoms in total. The molecule has 0 aromatic rings. The van der Waals surface area contributed by atoms with Crippen molar-refractivity contribution in [3.05, 3.63) is 0 Å². The second-order valence-electron chi connectivity index (χ2n) is 6.78. The van der Waals surface area contributed by atoms with Crippen LogP contribution in [0.15, 0.2) is 0 Å². The molecule has 5 heteroatoms. The second-order valence-corrected chi connectivity index (χ2v) is 6.78. The van der Waals surface area contributed by atoms with Crippen LogP contribution in [0.4, 0.5) is 0 Å². The van der Waals surface area contributed by atoms with Crippen LogP contribution in [-0.4, -0.2) is 58.5 Å². The first kappa shape index (κ1) is 15.3. The lowest BCUT2D eigenvalue weighted by atomic mass is 9.95. The van der Waals surface area contributed by atoms with E-state index in [2.05, 4.69) is 0 Å². The Hall–Kier alpha value is -1.10. The number of aliphatic hydroxyl groups is 1. The minimum Gasteiger partial charge on any atom is -0.388 e. The summed E-state index contributed by atoms with van der Waals surface area (Å²) >= 11 is 0. The van der Waals surface area contributed by atoms with Crippen molar-refractivity contribution in [2.45, 2.75) is 45.6 Å². The molecule has 0 saturated carbocycles. The molecule has 2 rings (SSSR count). The number of carbonyl (C=O) groups excluding carboxylic acids is 2. The average molecular weight is 282 g/mol. The average Bonchev–Trinajstić information content (AvgIpc) is 2.77. The highest BCUT2D eigenvalue weighted by Gasteiger charge is 2.38. The summed E-state index contributed by atoms with van der Waals surface area (Å²) in [5, 5.41) is 9.97. The summed E-state index contributed by atoms with van der Waals surface area (Å²) in [6.45, 7) is 7.90. The lowest BCUT2D eigenvalue weighted by molar-refractivity contribution is -0.142. The van der Waals surface area contributed by atoms with E-state index in [0.29, 0.717) is 26.1 Å².